The van der Waals surface area contributed by atoms with Gasteiger partial charge in [0.15, 0.2) is 0 Å². The summed E-state index contributed by atoms with van der Waals surface area (Å²) in [7, 11) is 2.00. The molecule has 2 aliphatic carbocycles. The highest BCUT2D eigenvalue weighted by Gasteiger charge is 2.46. The number of nitrogens with zero attached hydrogens (tertiary/aromatic N) is 1. The van der Waals surface area contributed by atoms with Gasteiger partial charge in [-0.1, -0.05) is 55.5 Å². The molecule has 1 amide bonds. The van der Waals surface area contributed by atoms with E-state index in [0.29, 0.717) is 18.4 Å². The third-order valence-corrected chi connectivity index (χ3v) is 8.05. The maximum atomic E-state index is 12.3. The number of carbonyl (C=O) groups excluding carboxylic acids is 1. The van der Waals surface area contributed by atoms with Gasteiger partial charge in [0.05, 0.1) is 0 Å². The highest BCUT2D eigenvalue weighted by molar-refractivity contribution is 6.01. The SMILES string of the molecule is CN1C(=O)CC[C@]2(C)c3ccc(-c4ccc5c6c(cccc46)CC5)cc3CC[C@@H]12. The largest absolute Gasteiger partial charge is 0.342 e. The van der Waals surface area contributed by atoms with Crippen molar-refractivity contribution >= 4 is 16.7 Å². The zero-order chi connectivity index (χ0) is 19.8. The Bertz CT molecular complexity index is 1170. The lowest BCUT2D eigenvalue weighted by Gasteiger charge is -2.50. The van der Waals surface area contributed by atoms with Gasteiger partial charge >= 0.3 is 0 Å². The lowest BCUT2D eigenvalue weighted by atomic mass is 9.63. The van der Waals surface area contributed by atoms with Gasteiger partial charge in [0.25, 0.3) is 0 Å². The van der Waals surface area contributed by atoms with Crippen LogP contribution in [0.15, 0.2) is 48.5 Å². The van der Waals surface area contributed by atoms with Crippen LogP contribution < -0.4 is 0 Å². The number of benzene rings is 3. The summed E-state index contributed by atoms with van der Waals surface area (Å²) in [5.41, 5.74) is 8.72. The fourth-order valence-electron chi connectivity index (χ4n) is 6.45. The van der Waals surface area contributed by atoms with E-state index in [0.717, 1.165) is 19.3 Å². The second-order valence-electron chi connectivity index (χ2n) is 9.46. The number of likely N-dealkylation sites (tertiary alicyclic amines) is 1. The molecule has 0 saturated carbocycles. The van der Waals surface area contributed by atoms with E-state index in [9.17, 15) is 4.79 Å². The molecule has 0 spiro atoms. The summed E-state index contributed by atoms with van der Waals surface area (Å²) in [6.07, 6.45) is 6.10. The summed E-state index contributed by atoms with van der Waals surface area (Å²) in [4.78, 5) is 14.3. The summed E-state index contributed by atoms with van der Waals surface area (Å²) in [6, 6.07) is 18.9. The normalized spacial score (nSPS) is 25.2. The van der Waals surface area contributed by atoms with E-state index < -0.39 is 0 Å². The predicted molar refractivity (Wildman–Crippen MR) is 118 cm³/mol. The van der Waals surface area contributed by atoms with Crippen molar-refractivity contribution in [3.63, 3.8) is 0 Å². The Morgan fingerprint density at radius 3 is 2.62 bits per heavy atom. The van der Waals surface area contributed by atoms with Crippen molar-refractivity contribution in [3.05, 3.63) is 70.8 Å². The molecule has 0 bridgehead atoms. The van der Waals surface area contributed by atoms with Crippen molar-refractivity contribution in [1.29, 1.82) is 0 Å². The minimum Gasteiger partial charge on any atom is -0.342 e. The van der Waals surface area contributed by atoms with Crippen molar-refractivity contribution in [3.8, 4) is 11.1 Å². The molecule has 0 unspecified atom stereocenters. The van der Waals surface area contributed by atoms with Crippen molar-refractivity contribution < 1.29 is 4.79 Å². The molecular weight excluding hydrogens is 354 g/mol. The van der Waals surface area contributed by atoms with E-state index in [4.69, 9.17) is 0 Å². The summed E-state index contributed by atoms with van der Waals surface area (Å²) in [6.45, 7) is 2.37. The Morgan fingerprint density at radius 2 is 1.76 bits per heavy atom. The number of fused-ring (bicyclic) bond motifs is 3. The van der Waals surface area contributed by atoms with E-state index in [1.54, 1.807) is 0 Å². The molecule has 1 heterocycles. The van der Waals surface area contributed by atoms with E-state index >= 15 is 0 Å². The maximum Gasteiger partial charge on any atom is 0.222 e. The van der Waals surface area contributed by atoms with Gasteiger partial charge in [0.2, 0.25) is 5.91 Å². The highest BCUT2D eigenvalue weighted by atomic mass is 16.2. The predicted octanol–water partition coefficient (Wildman–Crippen LogP) is 5.43. The molecule has 3 aromatic carbocycles. The molecule has 0 aromatic heterocycles. The molecule has 1 aliphatic heterocycles. The first-order valence-corrected chi connectivity index (χ1v) is 11.0. The van der Waals surface area contributed by atoms with Crippen molar-refractivity contribution in [1.82, 2.24) is 4.90 Å². The zero-order valence-corrected chi connectivity index (χ0v) is 17.3. The first kappa shape index (κ1) is 17.3. The van der Waals surface area contributed by atoms with Crippen LogP contribution in [0.5, 0.6) is 0 Å². The molecule has 3 aromatic rings. The molecule has 2 atom stereocenters. The van der Waals surface area contributed by atoms with Crippen LogP contribution in [0, 0.1) is 0 Å². The lowest BCUT2D eigenvalue weighted by Crippen LogP contribution is -2.56. The molecule has 2 nitrogen and oxygen atoms in total. The minimum absolute atomic E-state index is 0.0801. The molecule has 0 radical (unpaired) electrons. The van der Waals surface area contributed by atoms with Crippen molar-refractivity contribution in [2.75, 3.05) is 7.05 Å². The topological polar surface area (TPSA) is 20.3 Å². The molecule has 0 N–H and O–H groups in total. The number of piperidine rings is 1. The third-order valence-electron chi connectivity index (χ3n) is 8.05. The highest BCUT2D eigenvalue weighted by Crippen LogP contribution is 2.47. The molecule has 3 aliphatic rings. The number of rotatable bonds is 1. The molecular formula is C27H27NO. The van der Waals surface area contributed by atoms with Crippen molar-refractivity contribution in [2.45, 2.75) is 56.9 Å². The first-order chi connectivity index (χ1) is 14.1. The van der Waals surface area contributed by atoms with Crippen LogP contribution in [0.4, 0.5) is 0 Å². The van der Waals surface area contributed by atoms with Gasteiger partial charge in [-0.3, -0.25) is 4.79 Å². The van der Waals surface area contributed by atoms with E-state index in [1.807, 2.05) is 11.9 Å². The summed E-state index contributed by atoms with van der Waals surface area (Å²) >= 11 is 0. The van der Waals surface area contributed by atoms with Gasteiger partial charge < -0.3 is 4.90 Å². The van der Waals surface area contributed by atoms with Gasteiger partial charge in [-0.05, 0) is 76.3 Å². The van der Waals surface area contributed by atoms with Crippen LogP contribution in [-0.4, -0.2) is 23.9 Å². The molecule has 146 valence electrons. The standard InChI is InChI=1S/C27H27NO/c1-27-15-14-25(29)28(2)24(27)13-10-20-16-19(9-12-23(20)27)21-11-8-18-7-6-17-4-3-5-22(21)26(17)18/h3-5,8-9,11-12,16,24H,6-7,10,13-15H2,1-2H3/t24-,27-/m1/s1. The van der Waals surface area contributed by atoms with Gasteiger partial charge in [-0.2, -0.15) is 0 Å². The van der Waals surface area contributed by atoms with Crippen LogP contribution in [0.2, 0.25) is 0 Å². The number of likely N-dealkylation sites (N-methyl/N-ethyl adjacent to an activating group) is 1. The second kappa shape index (κ2) is 5.95. The Kier molecular flexibility index (Phi) is 3.54. The minimum atomic E-state index is 0.0801. The Hall–Kier alpha value is -2.61. The van der Waals surface area contributed by atoms with Crippen LogP contribution in [0.3, 0.4) is 0 Å². The van der Waals surface area contributed by atoms with E-state index in [1.165, 1.54) is 57.0 Å². The van der Waals surface area contributed by atoms with Gasteiger partial charge in [0.1, 0.15) is 0 Å². The van der Waals surface area contributed by atoms with Crippen molar-refractivity contribution in [2.24, 2.45) is 0 Å². The number of hydrogen-bond acceptors (Lipinski definition) is 1. The third kappa shape index (κ3) is 2.32. The number of amides is 1. The van der Waals surface area contributed by atoms with E-state index in [2.05, 4.69) is 55.5 Å². The average molecular weight is 382 g/mol. The summed E-state index contributed by atoms with van der Waals surface area (Å²) in [5, 5.41) is 2.89. The van der Waals surface area contributed by atoms with Crippen LogP contribution in [0.25, 0.3) is 21.9 Å². The van der Waals surface area contributed by atoms with Gasteiger partial charge in [-0.25, -0.2) is 0 Å². The lowest BCUT2D eigenvalue weighted by molar-refractivity contribution is -0.138. The molecule has 6 rings (SSSR count). The Balaban J connectivity index is 1.48. The van der Waals surface area contributed by atoms with Crippen LogP contribution in [-0.2, 0) is 29.5 Å². The molecule has 1 fully saturated rings. The smallest absolute Gasteiger partial charge is 0.222 e. The first-order valence-electron chi connectivity index (χ1n) is 11.0. The zero-order valence-electron chi connectivity index (χ0n) is 17.3. The number of aryl methyl sites for hydroxylation is 3. The summed E-state index contributed by atoms with van der Waals surface area (Å²) in [5.74, 6) is 0.306. The number of carbonyl (C=O) groups is 1. The monoisotopic (exact) mass is 381 g/mol. The van der Waals surface area contributed by atoms with E-state index in [-0.39, 0.29) is 5.41 Å². The quantitative estimate of drug-likeness (QED) is 0.550. The molecule has 1 saturated heterocycles. The summed E-state index contributed by atoms with van der Waals surface area (Å²) < 4.78 is 0. The van der Waals surface area contributed by atoms with Crippen LogP contribution in [0.1, 0.15) is 48.4 Å². The van der Waals surface area contributed by atoms with Crippen LogP contribution >= 0.6 is 0 Å². The molecule has 2 heteroatoms. The molecule has 29 heavy (non-hydrogen) atoms. The average Bonchev–Trinajstić information content (AvgIpc) is 3.16. The number of hydrogen-bond donors (Lipinski definition) is 0. The fourth-order valence-corrected chi connectivity index (χ4v) is 6.45. The van der Waals surface area contributed by atoms with Gasteiger partial charge in [-0.15, -0.1) is 0 Å². The van der Waals surface area contributed by atoms with Gasteiger partial charge in [0, 0.05) is 24.9 Å². The fraction of sp³-hybridized carbons (Fsp3) is 0.370. The Morgan fingerprint density at radius 1 is 0.931 bits per heavy atom. The maximum absolute atomic E-state index is 12.3. The Labute approximate surface area is 172 Å². The second-order valence-corrected chi connectivity index (χ2v) is 9.46.